The van der Waals surface area contributed by atoms with Crippen LogP contribution in [0.4, 0.5) is 5.69 Å². The first kappa shape index (κ1) is 15.4. The Hall–Kier alpha value is -1.96. The largest absolute Gasteiger partial charge is 0.478 e. The van der Waals surface area contributed by atoms with Crippen molar-refractivity contribution in [2.45, 2.75) is 13.3 Å². The van der Waals surface area contributed by atoms with Crippen LogP contribution in [0.5, 0.6) is 0 Å². The number of anilines is 1. The minimum absolute atomic E-state index is 0.122. The maximum atomic E-state index is 11.4. The lowest BCUT2D eigenvalue weighted by atomic mass is 10.1. The second-order valence-electron chi connectivity index (χ2n) is 4.82. The van der Waals surface area contributed by atoms with Gasteiger partial charge in [-0.05, 0) is 13.3 Å². The summed E-state index contributed by atoms with van der Waals surface area (Å²) in [5.74, 6) is -0.454. The van der Waals surface area contributed by atoms with Gasteiger partial charge in [0.05, 0.1) is 16.8 Å². The quantitative estimate of drug-likeness (QED) is 0.777. The first-order valence-corrected chi connectivity index (χ1v) is 8.24. The molecule has 21 heavy (non-hydrogen) atoms. The van der Waals surface area contributed by atoms with Crippen LogP contribution in [0.15, 0.2) is 6.20 Å². The summed E-state index contributed by atoms with van der Waals surface area (Å²) in [4.78, 5) is 15.5. The van der Waals surface area contributed by atoms with Gasteiger partial charge < -0.3 is 10.4 Å². The Labute approximate surface area is 124 Å². The Kier molecular flexibility index (Phi) is 4.56. The number of carboxylic acid groups (broad SMARTS) is 1. The Bertz CT molecular complexity index is 711. The molecule has 8 heteroatoms. The number of fused-ring (bicyclic) bond motifs is 1. The number of hydrogen-bond donors (Lipinski definition) is 2. The van der Waals surface area contributed by atoms with E-state index in [-0.39, 0.29) is 5.56 Å². The van der Waals surface area contributed by atoms with Gasteiger partial charge in [-0.3, -0.25) is 8.89 Å². The van der Waals surface area contributed by atoms with Crippen molar-refractivity contribution in [1.82, 2.24) is 14.8 Å². The predicted octanol–water partition coefficient (Wildman–Crippen LogP) is 1.16. The fraction of sp³-hybridized carbons (Fsp3) is 0.462. The van der Waals surface area contributed by atoms with Gasteiger partial charge in [-0.25, -0.2) is 9.78 Å². The number of pyridine rings is 1. The average molecular weight is 310 g/mol. The Morgan fingerprint density at radius 1 is 1.52 bits per heavy atom. The van der Waals surface area contributed by atoms with Crippen LogP contribution in [-0.2, 0) is 17.8 Å². The van der Waals surface area contributed by atoms with Gasteiger partial charge in [-0.1, -0.05) is 0 Å². The van der Waals surface area contributed by atoms with E-state index in [1.165, 1.54) is 6.20 Å². The molecule has 0 aromatic carbocycles. The molecule has 0 saturated heterocycles. The molecule has 0 bridgehead atoms. The minimum Gasteiger partial charge on any atom is -0.478 e. The molecule has 0 fully saturated rings. The number of nitrogens with one attached hydrogen (secondary N) is 1. The maximum Gasteiger partial charge on any atom is 0.339 e. The number of rotatable bonds is 6. The summed E-state index contributed by atoms with van der Waals surface area (Å²) in [5.41, 5.74) is 2.01. The van der Waals surface area contributed by atoms with Crippen LogP contribution in [0.25, 0.3) is 11.0 Å². The van der Waals surface area contributed by atoms with E-state index in [1.807, 2.05) is 6.92 Å². The molecule has 2 aromatic heterocycles. The SMILES string of the molecule is Cc1nn(C)c2ncc(C(=O)O)c(NCCCS(C)=O)c12. The van der Waals surface area contributed by atoms with Gasteiger partial charge in [0.15, 0.2) is 5.65 Å². The highest BCUT2D eigenvalue weighted by Crippen LogP contribution is 2.28. The van der Waals surface area contributed by atoms with Crippen molar-refractivity contribution in [2.75, 3.05) is 23.9 Å². The highest BCUT2D eigenvalue weighted by Gasteiger charge is 2.18. The van der Waals surface area contributed by atoms with Gasteiger partial charge in [0.25, 0.3) is 0 Å². The molecule has 114 valence electrons. The van der Waals surface area contributed by atoms with Gasteiger partial charge in [0.1, 0.15) is 5.56 Å². The molecule has 7 nitrogen and oxygen atoms in total. The molecule has 2 aromatic rings. The van der Waals surface area contributed by atoms with Crippen molar-refractivity contribution in [3.8, 4) is 0 Å². The molecule has 2 N–H and O–H groups in total. The van der Waals surface area contributed by atoms with Gasteiger partial charge in [-0.15, -0.1) is 0 Å². The van der Waals surface area contributed by atoms with Crippen molar-refractivity contribution in [1.29, 1.82) is 0 Å². The predicted molar refractivity (Wildman–Crippen MR) is 82.2 cm³/mol. The Morgan fingerprint density at radius 2 is 2.24 bits per heavy atom. The standard InChI is InChI=1S/C13H18N4O3S/c1-8-10-11(14-5-4-6-21(3)20)9(13(18)19)7-15-12(10)17(2)16-8/h7H,4-6H2,1-3H3,(H,14,15)(H,18,19). The third-order valence-corrected chi connectivity index (χ3v) is 4.03. The maximum absolute atomic E-state index is 11.4. The smallest absolute Gasteiger partial charge is 0.339 e. The van der Waals surface area contributed by atoms with E-state index in [1.54, 1.807) is 18.0 Å². The highest BCUT2D eigenvalue weighted by atomic mass is 32.2. The van der Waals surface area contributed by atoms with Crippen LogP contribution in [0, 0.1) is 6.92 Å². The third-order valence-electron chi connectivity index (χ3n) is 3.17. The number of aromatic carboxylic acids is 1. The van der Waals surface area contributed by atoms with Crippen LogP contribution in [0.2, 0.25) is 0 Å². The van der Waals surface area contributed by atoms with E-state index >= 15 is 0 Å². The number of hydrogen-bond acceptors (Lipinski definition) is 5. The lowest BCUT2D eigenvalue weighted by Crippen LogP contribution is -2.11. The molecule has 0 aliphatic carbocycles. The molecule has 2 rings (SSSR count). The molecule has 1 unspecified atom stereocenters. The molecule has 0 radical (unpaired) electrons. The zero-order chi connectivity index (χ0) is 15.6. The van der Waals surface area contributed by atoms with Gasteiger partial charge in [0, 0.05) is 42.6 Å². The monoisotopic (exact) mass is 310 g/mol. The first-order valence-electron chi connectivity index (χ1n) is 6.51. The molecule has 2 heterocycles. The van der Waals surface area contributed by atoms with Gasteiger partial charge in [0.2, 0.25) is 0 Å². The van der Waals surface area contributed by atoms with Crippen LogP contribution in [0.3, 0.4) is 0 Å². The third kappa shape index (κ3) is 3.21. The van der Waals surface area contributed by atoms with Crippen molar-refractivity contribution >= 4 is 33.5 Å². The molecular formula is C13H18N4O3S. The van der Waals surface area contributed by atoms with Crippen LogP contribution in [0.1, 0.15) is 22.5 Å². The van der Waals surface area contributed by atoms with E-state index in [0.29, 0.717) is 30.1 Å². The van der Waals surface area contributed by atoms with Crippen LogP contribution in [-0.4, -0.2) is 48.6 Å². The first-order chi connectivity index (χ1) is 9.91. The topological polar surface area (TPSA) is 97.1 Å². The van der Waals surface area contributed by atoms with E-state index < -0.39 is 16.8 Å². The van der Waals surface area contributed by atoms with Crippen molar-refractivity contribution in [3.05, 3.63) is 17.5 Å². The van der Waals surface area contributed by atoms with Crippen molar-refractivity contribution in [3.63, 3.8) is 0 Å². The second kappa shape index (κ2) is 6.21. The lowest BCUT2D eigenvalue weighted by Gasteiger charge is -2.11. The zero-order valence-corrected chi connectivity index (χ0v) is 13.0. The van der Waals surface area contributed by atoms with Crippen LogP contribution >= 0.6 is 0 Å². The molecule has 0 aliphatic heterocycles. The fourth-order valence-electron chi connectivity index (χ4n) is 2.25. The summed E-state index contributed by atoms with van der Waals surface area (Å²) in [7, 11) is 0.921. The zero-order valence-electron chi connectivity index (χ0n) is 12.2. The fourth-order valence-corrected chi connectivity index (χ4v) is 2.80. The number of aromatic nitrogens is 3. The highest BCUT2D eigenvalue weighted by molar-refractivity contribution is 7.84. The van der Waals surface area contributed by atoms with E-state index in [9.17, 15) is 14.1 Å². The summed E-state index contributed by atoms with van der Waals surface area (Å²) in [6, 6.07) is 0. The molecule has 0 aliphatic rings. The van der Waals surface area contributed by atoms with E-state index in [0.717, 1.165) is 11.1 Å². The van der Waals surface area contributed by atoms with Crippen molar-refractivity contribution in [2.24, 2.45) is 7.05 Å². The number of nitrogens with zero attached hydrogens (tertiary/aromatic N) is 3. The summed E-state index contributed by atoms with van der Waals surface area (Å²) in [5, 5.41) is 17.4. The van der Waals surface area contributed by atoms with Gasteiger partial charge in [-0.2, -0.15) is 5.10 Å². The normalized spacial score (nSPS) is 12.5. The van der Waals surface area contributed by atoms with E-state index in [2.05, 4.69) is 15.4 Å². The summed E-state index contributed by atoms with van der Waals surface area (Å²) in [6.07, 6.45) is 3.69. The van der Waals surface area contributed by atoms with Crippen molar-refractivity contribution < 1.29 is 14.1 Å². The molecular weight excluding hydrogens is 292 g/mol. The van der Waals surface area contributed by atoms with E-state index in [4.69, 9.17) is 0 Å². The van der Waals surface area contributed by atoms with Crippen LogP contribution < -0.4 is 5.32 Å². The lowest BCUT2D eigenvalue weighted by molar-refractivity contribution is 0.0697. The summed E-state index contributed by atoms with van der Waals surface area (Å²) < 4.78 is 12.7. The number of aryl methyl sites for hydroxylation is 2. The number of carboxylic acids is 1. The Balaban J connectivity index is 2.39. The second-order valence-corrected chi connectivity index (χ2v) is 6.37. The molecule has 0 saturated carbocycles. The minimum atomic E-state index is -1.03. The Morgan fingerprint density at radius 3 is 2.86 bits per heavy atom. The average Bonchev–Trinajstić information content (AvgIpc) is 2.69. The number of carbonyl (C=O) groups is 1. The van der Waals surface area contributed by atoms with Gasteiger partial charge >= 0.3 is 5.97 Å². The summed E-state index contributed by atoms with van der Waals surface area (Å²) >= 11 is 0. The molecule has 0 spiro atoms. The summed E-state index contributed by atoms with van der Waals surface area (Å²) in [6.45, 7) is 2.37. The molecule has 1 atom stereocenters. The molecule has 0 amide bonds.